The molecule has 3 heterocycles. The SMILES string of the molecule is CC(C)N1CC2(CCN(C(=O)C3CCOC3)CC2)C1c1ccc(Cl)cc1. The normalized spacial score (nSPS) is 28.5. The molecule has 1 spiro atoms. The third-order valence-corrected chi connectivity index (χ3v) is 6.86. The summed E-state index contributed by atoms with van der Waals surface area (Å²) in [5.41, 5.74) is 1.65. The van der Waals surface area contributed by atoms with Crippen molar-refractivity contribution in [2.24, 2.45) is 11.3 Å². The number of likely N-dealkylation sites (tertiary alicyclic amines) is 2. The molecule has 2 atom stereocenters. The minimum atomic E-state index is 0.0877. The summed E-state index contributed by atoms with van der Waals surface area (Å²) < 4.78 is 5.40. The fourth-order valence-electron chi connectivity index (χ4n) is 5.04. The lowest BCUT2D eigenvalue weighted by Crippen LogP contribution is -2.64. The summed E-state index contributed by atoms with van der Waals surface area (Å²) in [7, 11) is 0. The van der Waals surface area contributed by atoms with Crippen LogP contribution in [0.1, 0.15) is 44.7 Å². The first-order chi connectivity index (χ1) is 12.5. The number of amides is 1. The summed E-state index contributed by atoms with van der Waals surface area (Å²) in [5.74, 6) is 0.394. The number of nitrogens with zero attached hydrogens (tertiary/aromatic N) is 2. The smallest absolute Gasteiger partial charge is 0.228 e. The molecule has 142 valence electrons. The maximum atomic E-state index is 12.7. The van der Waals surface area contributed by atoms with Crippen LogP contribution >= 0.6 is 11.6 Å². The number of piperidine rings is 1. The Morgan fingerprint density at radius 3 is 2.50 bits per heavy atom. The molecule has 5 heteroatoms. The second-order valence-corrected chi connectivity index (χ2v) is 8.90. The number of hydrogen-bond donors (Lipinski definition) is 0. The third kappa shape index (κ3) is 3.17. The highest BCUT2D eigenvalue weighted by Crippen LogP contribution is 2.55. The van der Waals surface area contributed by atoms with Crippen molar-refractivity contribution >= 4 is 17.5 Å². The Bertz CT molecular complexity index is 646. The van der Waals surface area contributed by atoms with Crippen LogP contribution in [0, 0.1) is 11.3 Å². The van der Waals surface area contributed by atoms with Crippen molar-refractivity contribution < 1.29 is 9.53 Å². The van der Waals surface area contributed by atoms with Gasteiger partial charge in [0.05, 0.1) is 12.5 Å². The van der Waals surface area contributed by atoms with E-state index in [0.29, 0.717) is 30.0 Å². The van der Waals surface area contributed by atoms with E-state index < -0.39 is 0 Å². The van der Waals surface area contributed by atoms with Gasteiger partial charge in [0, 0.05) is 48.8 Å². The molecular formula is C21H29ClN2O2. The molecule has 0 radical (unpaired) electrons. The van der Waals surface area contributed by atoms with Crippen molar-refractivity contribution in [3.63, 3.8) is 0 Å². The van der Waals surface area contributed by atoms with Gasteiger partial charge in [0.2, 0.25) is 5.91 Å². The Kier molecular flexibility index (Phi) is 5.02. The topological polar surface area (TPSA) is 32.8 Å². The highest BCUT2D eigenvalue weighted by atomic mass is 35.5. The van der Waals surface area contributed by atoms with Gasteiger partial charge < -0.3 is 9.64 Å². The van der Waals surface area contributed by atoms with E-state index in [2.05, 4.69) is 35.8 Å². The second kappa shape index (κ2) is 7.14. The number of rotatable bonds is 3. The Morgan fingerprint density at radius 1 is 1.23 bits per heavy atom. The quantitative estimate of drug-likeness (QED) is 0.805. The van der Waals surface area contributed by atoms with Crippen molar-refractivity contribution in [2.75, 3.05) is 32.8 Å². The molecule has 3 saturated heterocycles. The van der Waals surface area contributed by atoms with Gasteiger partial charge in [-0.2, -0.15) is 0 Å². The number of hydrogen-bond acceptors (Lipinski definition) is 3. The van der Waals surface area contributed by atoms with Crippen LogP contribution in [0.15, 0.2) is 24.3 Å². The van der Waals surface area contributed by atoms with Gasteiger partial charge in [0.1, 0.15) is 0 Å². The largest absolute Gasteiger partial charge is 0.381 e. The van der Waals surface area contributed by atoms with Crippen LogP contribution in [0.3, 0.4) is 0 Å². The molecule has 2 unspecified atom stereocenters. The van der Waals surface area contributed by atoms with Gasteiger partial charge in [-0.25, -0.2) is 0 Å². The number of carbonyl (C=O) groups excluding carboxylic acids is 1. The summed E-state index contributed by atoms with van der Waals surface area (Å²) in [5, 5.41) is 0.789. The predicted molar refractivity (Wildman–Crippen MR) is 103 cm³/mol. The standard InChI is InChI=1S/C21H29ClN2O2/c1-15(2)24-14-21(19(24)16-3-5-18(22)6-4-16)8-10-23(11-9-21)20(25)17-7-12-26-13-17/h3-6,15,17,19H,7-14H2,1-2H3. The maximum Gasteiger partial charge on any atom is 0.228 e. The van der Waals surface area contributed by atoms with E-state index >= 15 is 0 Å². The van der Waals surface area contributed by atoms with E-state index in [-0.39, 0.29) is 5.92 Å². The average molecular weight is 377 g/mol. The fourth-order valence-corrected chi connectivity index (χ4v) is 5.17. The van der Waals surface area contributed by atoms with Gasteiger partial charge in [0.15, 0.2) is 0 Å². The fraction of sp³-hybridized carbons (Fsp3) is 0.667. The first kappa shape index (κ1) is 18.3. The summed E-state index contributed by atoms with van der Waals surface area (Å²) in [6.45, 7) is 8.78. The minimum Gasteiger partial charge on any atom is -0.381 e. The molecular weight excluding hydrogens is 348 g/mol. The molecule has 4 nitrogen and oxygen atoms in total. The molecule has 3 fully saturated rings. The number of halogens is 1. The second-order valence-electron chi connectivity index (χ2n) is 8.47. The van der Waals surface area contributed by atoms with Gasteiger partial charge in [-0.3, -0.25) is 9.69 Å². The lowest BCUT2D eigenvalue weighted by molar-refractivity contribution is -0.151. The number of benzene rings is 1. The van der Waals surface area contributed by atoms with Gasteiger partial charge >= 0.3 is 0 Å². The summed E-state index contributed by atoms with van der Waals surface area (Å²) >= 11 is 6.10. The number of ether oxygens (including phenoxy) is 1. The number of carbonyl (C=O) groups is 1. The van der Waals surface area contributed by atoms with Crippen LogP contribution in [-0.4, -0.2) is 54.6 Å². The van der Waals surface area contributed by atoms with E-state index in [1.807, 2.05) is 12.1 Å². The van der Waals surface area contributed by atoms with E-state index in [9.17, 15) is 4.79 Å². The molecule has 0 aliphatic carbocycles. The lowest BCUT2D eigenvalue weighted by Gasteiger charge is -2.62. The van der Waals surface area contributed by atoms with Gasteiger partial charge in [-0.05, 0) is 50.8 Å². The van der Waals surface area contributed by atoms with Crippen LogP contribution in [0.5, 0.6) is 0 Å². The summed E-state index contributed by atoms with van der Waals surface area (Å²) in [6.07, 6.45) is 3.06. The lowest BCUT2D eigenvalue weighted by atomic mass is 9.62. The summed E-state index contributed by atoms with van der Waals surface area (Å²) in [4.78, 5) is 17.4. The van der Waals surface area contributed by atoms with Crippen LogP contribution in [0.25, 0.3) is 0 Å². The highest BCUT2D eigenvalue weighted by molar-refractivity contribution is 6.30. The minimum absolute atomic E-state index is 0.0877. The van der Waals surface area contributed by atoms with E-state index in [1.54, 1.807) is 0 Å². The maximum absolute atomic E-state index is 12.7. The molecule has 4 rings (SSSR count). The van der Waals surface area contributed by atoms with E-state index in [4.69, 9.17) is 16.3 Å². The molecule has 1 aromatic rings. The Morgan fingerprint density at radius 2 is 1.92 bits per heavy atom. The Labute approximate surface area is 161 Å². The van der Waals surface area contributed by atoms with Crippen LogP contribution in [-0.2, 0) is 9.53 Å². The van der Waals surface area contributed by atoms with Crippen molar-refractivity contribution in [3.8, 4) is 0 Å². The van der Waals surface area contributed by atoms with Crippen molar-refractivity contribution in [1.82, 2.24) is 9.80 Å². The van der Waals surface area contributed by atoms with Crippen molar-refractivity contribution in [1.29, 1.82) is 0 Å². The van der Waals surface area contributed by atoms with Crippen LogP contribution in [0.2, 0.25) is 5.02 Å². The molecule has 0 aromatic heterocycles. The molecule has 0 saturated carbocycles. The average Bonchev–Trinajstić information content (AvgIpc) is 3.16. The molecule has 3 aliphatic heterocycles. The van der Waals surface area contributed by atoms with Crippen molar-refractivity contribution in [3.05, 3.63) is 34.9 Å². The van der Waals surface area contributed by atoms with Crippen molar-refractivity contribution in [2.45, 2.75) is 45.2 Å². The Hall–Kier alpha value is -1.10. The zero-order valence-electron chi connectivity index (χ0n) is 15.8. The van der Waals surface area contributed by atoms with Gasteiger partial charge in [-0.1, -0.05) is 23.7 Å². The predicted octanol–water partition coefficient (Wildman–Crippen LogP) is 3.75. The first-order valence-corrected chi connectivity index (χ1v) is 10.3. The van der Waals surface area contributed by atoms with Crippen LogP contribution < -0.4 is 0 Å². The van der Waals surface area contributed by atoms with Gasteiger partial charge in [0.25, 0.3) is 0 Å². The molecule has 1 amide bonds. The first-order valence-electron chi connectivity index (χ1n) is 9.88. The van der Waals surface area contributed by atoms with Gasteiger partial charge in [-0.15, -0.1) is 0 Å². The third-order valence-electron chi connectivity index (χ3n) is 6.61. The molecule has 0 bridgehead atoms. The molecule has 26 heavy (non-hydrogen) atoms. The molecule has 0 N–H and O–H groups in total. The zero-order chi connectivity index (χ0) is 18.3. The molecule has 3 aliphatic rings. The monoisotopic (exact) mass is 376 g/mol. The van der Waals surface area contributed by atoms with E-state index in [1.165, 1.54) is 5.56 Å². The highest BCUT2D eigenvalue weighted by Gasteiger charge is 2.55. The Balaban J connectivity index is 1.47. The zero-order valence-corrected chi connectivity index (χ0v) is 16.5. The van der Waals surface area contributed by atoms with E-state index in [0.717, 1.165) is 50.5 Å². The van der Waals surface area contributed by atoms with Crippen LogP contribution in [0.4, 0.5) is 0 Å². The summed E-state index contributed by atoms with van der Waals surface area (Å²) in [6, 6.07) is 9.32. The molecule has 1 aromatic carbocycles.